The molecule has 0 aliphatic rings. The van der Waals surface area contributed by atoms with E-state index >= 15 is 0 Å². The Labute approximate surface area is 113 Å². The summed E-state index contributed by atoms with van der Waals surface area (Å²) in [6.07, 6.45) is 0. The summed E-state index contributed by atoms with van der Waals surface area (Å²) in [6.45, 7) is 3.70. The normalized spacial score (nSPS) is 10.5. The van der Waals surface area contributed by atoms with E-state index in [2.05, 4.69) is 15.0 Å². The van der Waals surface area contributed by atoms with Crippen LogP contribution >= 0.6 is 11.3 Å². The molecule has 2 heterocycles. The van der Waals surface area contributed by atoms with Gasteiger partial charge in [0, 0.05) is 23.1 Å². The molecule has 0 saturated carbocycles. The summed E-state index contributed by atoms with van der Waals surface area (Å²) in [4.78, 5) is 20.0. The van der Waals surface area contributed by atoms with Crippen molar-refractivity contribution in [3.8, 4) is 0 Å². The van der Waals surface area contributed by atoms with Gasteiger partial charge in [0.05, 0.1) is 17.2 Å². The smallest absolute Gasteiger partial charge is 0.170 e. The minimum absolute atomic E-state index is 0.133. The van der Waals surface area contributed by atoms with E-state index in [0.29, 0.717) is 27.4 Å². The molecule has 98 valence electrons. The molecule has 0 spiro atoms. The number of ether oxygens (including phenoxy) is 1. The standard InChI is InChI=1S/C12H12N4O2S/c1-6-4-8(5-18-3)9-10(15-16-13)11(7(2)17)19-12(9)14-6/h4H,5H2,1-3H3. The van der Waals surface area contributed by atoms with Crippen LogP contribution < -0.4 is 0 Å². The lowest BCUT2D eigenvalue weighted by atomic mass is 10.1. The second-order valence-electron chi connectivity index (χ2n) is 4.06. The van der Waals surface area contributed by atoms with Gasteiger partial charge >= 0.3 is 0 Å². The lowest BCUT2D eigenvalue weighted by molar-refractivity contribution is 0.102. The molecular formula is C12H12N4O2S. The predicted molar refractivity (Wildman–Crippen MR) is 73.9 cm³/mol. The monoisotopic (exact) mass is 276 g/mol. The lowest BCUT2D eigenvalue weighted by Gasteiger charge is -2.04. The Hall–Kier alpha value is -1.95. The average Bonchev–Trinajstić information content (AvgIpc) is 2.69. The number of azide groups is 1. The fourth-order valence-corrected chi connectivity index (χ4v) is 3.04. The SMILES string of the molecule is COCc1cc(C)nc2sc(C(C)=O)c(N=[N+]=[N-])c12. The fourth-order valence-electron chi connectivity index (χ4n) is 1.94. The summed E-state index contributed by atoms with van der Waals surface area (Å²) in [6, 6.07) is 1.87. The van der Waals surface area contributed by atoms with Crippen molar-refractivity contribution in [3.05, 3.63) is 32.6 Å². The van der Waals surface area contributed by atoms with Gasteiger partial charge in [0.25, 0.3) is 0 Å². The van der Waals surface area contributed by atoms with Gasteiger partial charge in [-0.05, 0) is 31.0 Å². The number of methoxy groups -OCH3 is 1. The van der Waals surface area contributed by atoms with Crippen molar-refractivity contribution in [1.82, 2.24) is 4.98 Å². The Bertz CT molecular complexity index is 701. The van der Waals surface area contributed by atoms with E-state index in [9.17, 15) is 4.79 Å². The Morgan fingerprint density at radius 3 is 2.95 bits per heavy atom. The summed E-state index contributed by atoms with van der Waals surface area (Å²) >= 11 is 1.25. The molecule has 0 aromatic carbocycles. The highest BCUT2D eigenvalue weighted by atomic mass is 32.1. The average molecular weight is 276 g/mol. The minimum atomic E-state index is -0.133. The number of ketones is 1. The third-order valence-electron chi connectivity index (χ3n) is 2.61. The molecule has 0 bridgehead atoms. The summed E-state index contributed by atoms with van der Waals surface area (Å²) < 4.78 is 5.15. The molecule has 0 aliphatic heterocycles. The first-order chi connectivity index (χ1) is 9.08. The topological polar surface area (TPSA) is 88.0 Å². The van der Waals surface area contributed by atoms with Crippen LogP contribution in [0.5, 0.6) is 0 Å². The zero-order valence-corrected chi connectivity index (χ0v) is 11.6. The first kappa shape index (κ1) is 13.5. The second-order valence-corrected chi connectivity index (χ2v) is 5.06. The Morgan fingerprint density at radius 2 is 2.37 bits per heavy atom. The molecule has 6 nitrogen and oxygen atoms in total. The number of carbonyl (C=O) groups excluding carboxylic acids is 1. The molecule has 0 aliphatic carbocycles. The summed E-state index contributed by atoms with van der Waals surface area (Å²) in [5, 5.41) is 4.37. The van der Waals surface area contributed by atoms with Gasteiger partial charge in [-0.3, -0.25) is 4.79 Å². The molecule has 2 aromatic rings. The maximum absolute atomic E-state index is 11.6. The van der Waals surface area contributed by atoms with E-state index in [4.69, 9.17) is 10.3 Å². The molecule has 2 rings (SSSR count). The van der Waals surface area contributed by atoms with Gasteiger partial charge in [0.2, 0.25) is 0 Å². The Morgan fingerprint density at radius 1 is 1.63 bits per heavy atom. The van der Waals surface area contributed by atoms with Crippen molar-refractivity contribution in [2.75, 3.05) is 7.11 Å². The third-order valence-corrected chi connectivity index (χ3v) is 3.78. The van der Waals surface area contributed by atoms with Crippen LogP contribution in [0.4, 0.5) is 5.69 Å². The molecule has 0 atom stereocenters. The largest absolute Gasteiger partial charge is 0.380 e. The van der Waals surface area contributed by atoms with Crippen LogP contribution in [0.1, 0.15) is 27.9 Å². The Balaban J connectivity index is 2.87. The molecule has 7 heteroatoms. The van der Waals surface area contributed by atoms with Crippen LogP contribution in [0.2, 0.25) is 0 Å². The van der Waals surface area contributed by atoms with Gasteiger partial charge in [-0.1, -0.05) is 5.11 Å². The Kier molecular flexibility index (Phi) is 3.80. The highest BCUT2D eigenvalue weighted by Crippen LogP contribution is 2.40. The first-order valence-corrected chi connectivity index (χ1v) is 6.38. The van der Waals surface area contributed by atoms with Crippen LogP contribution in [0.15, 0.2) is 11.2 Å². The van der Waals surface area contributed by atoms with Gasteiger partial charge in [-0.15, -0.1) is 11.3 Å². The number of fused-ring (bicyclic) bond motifs is 1. The zero-order chi connectivity index (χ0) is 14.0. The van der Waals surface area contributed by atoms with Crippen molar-refractivity contribution in [1.29, 1.82) is 0 Å². The molecule has 0 amide bonds. The summed E-state index contributed by atoms with van der Waals surface area (Å²) in [7, 11) is 1.59. The minimum Gasteiger partial charge on any atom is -0.380 e. The number of rotatable bonds is 4. The number of pyridine rings is 1. The maximum Gasteiger partial charge on any atom is 0.170 e. The number of aryl methyl sites for hydroxylation is 1. The van der Waals surface area contributed by atoms with Crippen LogP contribution in [-0.4, -0.2) is 17.9 Å². The number of hydrogen-bond acceptors (Lipinski definition) is 5. The van der Waals surface area contributed by atoms with Crippen molar-refractivity contribution in [2.45, 2.75) is 20.5 Å². The van der Waals surface area contributed by atoms with Gasteiger partial charge in [0.1, 0.15) is 4.83 Å². The molecule has 0 unspecified atom stereocenters. The van der Waals surface area contributed by atoms with E-state index < -0.39 is 0 Å². The summed E-state index contributed by atoms with van der Waals surface area (Å²) in [5.41, 5.74) is 10.7. The molecule has 0 saturated heterocycles. The highest BCUT2D eigenvalue weighted by Gasteiger charge is 2.18. The predicted octanol–water partition coefficient (Wildman–Crippen LogP) is 3.90. The molecule has 0 fully saturated rings. The number of nitrogens with zero attached hydrogens (tertiary/aromatic N) is 4. The number of carbonyl (C=O) groups is 1. The van der Waals surface area contributed by atoms with E-state index in [1.54, 1.807) is 7.11 Å². The molecule has 19 heavy (non-hydrogen) atoms. The van der Waals surface area contributed by atoms with E-state index in [-0.39, 0.29) is 5.78 Å². The van der Waals surface area contributed by atoms with Crippen molar-refractivity contribution in [3.63, 3.8) is 0 Å². The van der Waals surface area contributed by atoms with Crippen LogP contribution in [0.3, 0.4) is 0 Å². The van der Waals surface area contributed by atoms with Gasteiger partial charge in [-0.2, -0.15) is 0 Å². The molecular weight excluding hydrogens is 264 g/mol. The fraction of sp³-hybridized carbons (Fsp3) is 0.333. The van der Waals surface area contributed by atoms with E-state index in [1.807, 2.05) is 13.0 Å². The second kappa shape index (κ2) is 5.36. The number of aromatic nitrogens is 1. The molecule has 2 aromatic heterocycles. The molecule has 0 N–H and O–H groups in total. The highest BCUT2D eigenvalue weighted by molar-refractivity contribution is 7.21. The zero-order valence-electron chi connectivity index (χ0n) is 10.8. The van der Waals surface area contributed by atoms with Crippen LogP contribution in [0.25, 0.3) is 20.7 Å². The van der Waals surface area contributed by atoms with Crippen molar-refractivity contribution >= 4 is 33.0 Å². The van der Waals surface area contributed by atoms with Crippen LogP contribution in [-0.2, 0) is 11.3 Å². The van der Waals surface area contributed by atoms with Gasteiger partial charge < -0.3 is 4.74 Å². The maximum atomic E-state index is 11.6. The summed E-state index contributed by atoms with van der Waals surface area (Å²) in [5.74, 6) is -0.133. The van der Waals surface area contributed by atoms with Crippen molar-refractivity contribution < 1.29 is 9.53 Å². The van der Waals surface area contributed by atoms with Crippen LogP contribution in [0, 0.1) is 6.92 Å². The van der Waals surface area contributed by atoms with Gasteiger partial charge in [0.15, 0.2) is 5.78 Å². The third kappa shape index (κ3) is 2.44. The van der Waals surface area contributed by atoms with E-state index in [1.165, 1.54) is 18.3 Å². The number of thiophene rings is 1. The lowest BCUT2D eigenvalue weighted by Crippen LogP contribution is -1.92. The number of hydrogen-bond donors (Lipinski definition) is 0. The van der Waals surface area contributed by atoms with E-state index in [0.717, 1.165) is 11.3 Å². The first-order valence-electron chi connectivity index (χ1n) is 5.56. The molecule has 0 radical (unpaired) electrons. The van der Waals surface area contributed by atoms with Gasteiger partial charge in [-0.25, -0.2) is 4.98 Å². The quantitative estimate of drug-likeness (QED) is 0.367. The van der Waals surface area contributed by atoms with Crippen molar-refractivity contribution in [2.24, 2.45) is 5.11 Å². The number of Topliss-reactive ketones (excluding diaryl/α,β-unsaturated/α-hetero) is 1.